The van der Waals surface area contributed by atoms with Gasteiger partial charge in [0, 0.05) is 37.1 Å². The van der Waals surface area contributed by atoms with Crippen LogP contribution in [-0.2, 0) is 23.5 Å². The van der Waals surface area contributed by atoms with Gasteiger partial charge in [-0.3, -0.25) is 18.9 Å². The Morgan fingerprint density at radius 3 is 2.37 bits per heavy atom. The molecule has 0 aliphatic carbocycles. The van der Waals surface area contributed by atoms with Gasteiger partial charge in [0.15, 0.2) is 5.12 Å². The van der Waals surface area contributed by atoms with Crippen molar-refractivity contribution in [2.75, 3.05) is 25.4 Å². The minimum Gasteiger partial charge on any atom is -0.383 e. The second kappa shape index (κ2) is 18.7. The van der Waals surface area contributed by atoms with Gasteiger partial charge in [0.1, 0.15) is 6.10 Å². The maximum Gasteiger partial charge on any atom is 0.469 e. The zero-order chi connectivity index (χ0) is 26.7. The number of hydrogen-bond acceptors (Lipinski definition) is 7. The van der Waals surface area contributed by atoms with E-state index in [0.717, 1.165) is 32.1 Å². The van der Waals surface area contributed by atoms with Gasteiger partial charge >= 0.3 is 7.82 Å². The van der Waals surface area contributed by atoms with Crippen LogP contribution in [0.4, 0.5) is 0 Å². The van der Waals surface area contributed by atoms with Crippen LogP contribution >= 0.6 is 19.6 Å². The monoisotopic (exact) mass is 536 g/mol. The number of unbranched alkanes of at least 4 members (excludes halogenated alkanes) is 4. The Balaban J connectivity index is 3.86. The lowest BCUT2D eigenvalue weighted by Gasteiger charge is -2.29. The first kappa shape index (κ1) is 33.5. The number of carbonyl (C=O) groups is 3. The fraction of sp³-hybridized carbons (Fsp3) is 0.696. The number of phosphoric ester groups is 1. The normalized spacial score (nSPS) is 13.3. The van der Waals surface area contributed by atoms with Crippen LogP contribution in [0.25, 0.3) is 0 Å². The fourth-order valence-electron chi connectivity index (χ4n) is 2.77. The molecular weight excluding hydrogens is 495 g/mol. The summed E-state index contributed by atoms with van der Waals surface area (Å²) >= 11 is 1.19. The van der Waals surface area contributed by atoms with E-state index >= 15 is 0 Å². The average Bonchev–Trinajstić information content (AvgIpc) is 2.78. The molecule has 1 atom stereocenters. The minimum absolute atomic E-state index is 0.0135. The van der Waals surface area contributed by atoms with Crippen LogP contribution in [0.5, 0.6) is 0 Å². The smallest absolute Gasteiger partial charge is 0.383 e. The first-order valence-electron chi connectivity index (χ1n) is 11.7. The summed E-state index contributed by atoms with van der Waals surface area (Å²) in [5.41, 5.74) is -1.25. The van der Waals surface area contributed by atoms with E-state index in [-0.39, 0.29) is 24.0 Å². The number of thioether (sulfide) groups is 1. The highest BCUT2D eigenvalue weighted by atomic mass is 32.2. The van der Waals surface area contributed by atoms with Crippen LogP contribution in [0.1, 0.15) is 65.7 Å². The summed E-state index contributed by atoms with van der Waals surface area (Å²) in [6, 6.07) is 0. The van der Waals surface area contributed by atoms with Crippen molar-refractivity contribution in [1.82, 2.24) is 10.6 Å². The molecule has 10 nitrogen and oxygen atoms in total. The zero-order valence-corrected chi connectivity index (χ0v) is 22.6. The van der Waals surface area contributed by atoms with Crippen LogP contribution in [0, 0.1) is 5.41 Å². The number of allylic oxidation sites excluding steroid dienone is 4. The molecule has 0 rings (SSSR count). The largest absolute Gasteiger partial charge is 0.469 e. The summed E-state index contributed by atoms with van der Waals surface area (Å²) in [6.07, 6.45) is 12.2. The molecule has 0 radical (unpaired) electrons. The molecule has 0 unspecified atom stereocenters. The van der Waals surface area contributed by atoms with E-state index in [1.54, 1.807) is 0 Å². The Morgan fingerprint density at radius 1 is 1.03 bits per heavy atom. The van der Waals surface area contributed by atoms with Crippen LogP contribution < -0.4 is 10.6 Å². The van der Waals surface area contributed by atoms with Crippen molar-refractivity contribution in [2.24, 2.45) is 5.41 Å². The number of aliphatic hydroxyl groups is 1. The van der Waals surface area contributed by atoms with Gasteiger partial charge < -0.3 is 25.5 Å². The van der Waals surface area contributed by atoms with Crippen LogP contribution in [0.3, 0.4) is 0 Å². The van der Waals surface area contributed by atoms with Gasteiger partial charge in [0.25, 0.3) is 0 Å². The Kier molecular flexibility index (Phi) is 17.9. The van der Waals surface area contributed by atoms with Crippen LogP contribution in [-0.4, -0.2) is 63.4 Å². The lowest BCUT2D eigenvalue weighted by Crippen LogP contribution is -2.46. The predicted molar refractivity (Wildman–Crippen MR) is 138 cm³/mol. The van der Waals surface area contributed by atoms with Gasteiger partial charge in [0.2, 0.25) is 11.8 Å². The number of hydrogen-bond donors (Lipinski definition) is 5. The molecule has 0 aliphatic heterocycles. The molecule has 0 aliphatic rings. The second-order valence-corrected chi connectivity index (χ2v) is 11.1. The molecule has 5 N–H and O–H groups in total. The standard InChI is InChI=1S/C23H41N2O8PS/c1-4-5-6-7-8-9-10-11-12-13-20(27)35-17-16-24-19(26)14-15-25-22(29)21(28)23(2,3)18-33-34(30,31)32/h4-7,21,28H,8-18H2,1-3H3,(H,24,26)(H,25,29)(H2,30,31,32)/b5-4+,7-6+/t21-/m0/s1. The Labute approximate surface area is 212 Å². The second-order valence-electron chi connectivity index (χ2n) is 8.67. The molecule has 0 aromatic heterocycles. The van der Waals surface area contributed by atoms with Crippen molar-refractivity contribution in [3.63, 3.8) is 0 Å². The van der Waals surface area contributed by atoms with E-state index in [1.807, 2.05) is 25.2 Å². The summed E-state index contributed by atoms with van der Waals surface area (Å²) in [6.45, 7) is 4.60. The minimum atomic E-state index is -4.72. The van der Waals surface area contributed by atoms with Crippen molar-refractivity contribution < 1.29 is 38.4 Å². The van der Waals surface area contributed by atoms with Crippen LogP contribution in [0.2, 0.25) is 0 Å². The molecule has 0 saturated carbocycles. The van der Waals surface area contributed by atoms with E-state index < -0.39 is 31.9 Å². The van der Waals surface area contributed by atoms with Gasteiger partial charge in [-0.1, -0.05) is 62.8 Å². The third-order valence-corrected chi connectivity index (χ3v) is 6.27. The Bertz CT molecular complexity index is 752. The maximum absolute atomic E-state index is 12.0. The van der Waals surface area contributed by atoms with Gasteiger partial charge in [-0.25, -0.2) is 4.57 Å². The fourth-order valence-corrected chi connectivity index (χ4v) is 3.99. The Hall–Kier alpha value is -1.49. The van der Waals surface area contributed by atoms with E-state index in [9.17, 15) is 24.1 Å². The topological polar surface area (TPSA) is 162 Å². The molecule has 12 heteroatoms. The van der Waals surface area contributed by atoms with E-state index in [4.69, 9.17) is 9.79 Å². The van der Waals surface area contributed by atoms with E-state index in [1.165, 1.54) is 25.6 Å². The van der Waals surface area contributed by atoms with E-state index in [0.29, 0.717) is 18.7 Å². The molecule has 2 amide bonds. The molecule has 0 bridgehead atoms. The SMILES string of the molecule is C/C=C/C=C/CCCCCCC(=O)SCCNC(=O)CCNC(=O)[C@H](O)C(C)(C)COP(=O)(O)O. The first-order chi connectivity index (χ1) is 16.4. The highest BCUT2D eigenvalue weighted by molar-refractivity contribution is 8.13. The molecule has 0 saturated heterocycles. The molecule has 0 aromatic rings. The van der Waals surface area contributed by atoms with Crippen molar-refractivity contribution in [3.05, 3.63) is 24.3 Å². The molecular formula is C23H41N2O8PS. The van der Waals surface area contributed by atoms with Crippen molar-refractivity contribution in [3.8, 4) is 0 Å². The van der Waals surface area contributed by atoms with Gasteiger partial charge in [-0.2, -0.15) is 0 Å². The lowest BCUT2D eigenvalue weighted by molar-refractivity contribution is -0.137. The summed E-state index contributed by atoms with van der Waals surface area (Å²) in [5.74, 6) is -0.608. The molecule has 35 heavy (non-hydrogen) atoms. The van der Waals surface area contributed by atoms with Crippen molar-refractivity contribution >= 4 is 36.5 Å². The summed E-state index contributed by atoms with van der Waals surface area (Å²) in [4.78, 5) is 53.3. The number of aliphatic hydroxyl groups excluding tert-OH is 1. The predicted octanol–water partition coefficient (Wildman–Crippen LogP) is 2.84. The highest BCUT2D eigenvalue weighted by Crippen LogP contribution is 2.38. The Morgan fingerprint density at radius 2 is 1.71 bits per heavy atom. The van der Waals surface area contributed by atoms with Crippen molar-refractivity contribution in [2.45, 2.75) is 71.8 Å². The van der Waals surface area contributed by atoms with Gasteiger partial charge in [-0.15, -0.1) is 0 Å². The van der Waals surface area contributed by atoms with Gasteiger partial charge in [-0.05, 0) is 26.2 Å². The number of phosphoric acid groups is 1. The summed E-state index contributed by atoms with van der Waals surface area (Å²) in [5, 5.41) is 15.3. The average molecular weight is 537 g/mol. The zero-order valence-electron chi connectivity index (χ0n) is 20.9. The number of rotatable bonds is 19. The van der Waals surface area contributed by atoms with Gasteiger partial charge in [0.05, 0.1) is 6.61 Å². The van der Waals surface area contributed by atoms with Crippen molar-refractivity contribution in [1.29, 1.82) is 0 Å². The highest BCUT2D eigenvalue weighted by Gasteiger charge is 2.35. The summed E-state index contributed by atoms with van der Waals surface area (Å²) in [7, 11) is -4.72. The molecule has 0 spiro atoms. The molecule has 0 fully saturated rings. The first-order valence-corrected chi connectivity index (χ1v) is 14.3. The number of carbonyl (C=O) groups excluding carboxylic acids is 3. The number of amides is 2. The molecule has 202 valence electrons. The van der Waals surface area contributed by atoms with E-state index in [2.05, 4.69) is 21.2 Å². The van der Waals surface area contributed by atoms with Crippen LogP contribution in [0.15, 0.2) is 24.3 Å². The summed E-state index contributed by atoms with van der Waals surface area (Å²) < 4.78 is 15.2. The molecule has 0 heterocycles. The quantitative estimate of drug-likeness (QED) is 0.0949. The number of nitrogens with one attached hydrogen (secondary N) is 2. The lowest BCUT2D eigenvalue weighted by atomic mass is 9.87. The maximum atomic E-state index is 12.0. The molecule has 0 aromatic carbocycles. The third-order valence-electron chi connectivity index (χ3n) is 4.87. The third kappa shape index (κ3) is 19.4.